The minimum Gasteiger partial charge on any atom is -0.493 e. The van der Waals surface area contributed by atoms with Crippen molar-refractivity contribution in [1.29, 1.82) is 0 Å². The summed E-state index contributed by atoms with van der Waals surface area (Å²) in [5.74, 6) is 0.697. The molecule has 6 nitrogen and oxygen atoms in total. The molecule has 1 N–H and O–H groups in total. The van der Waals surface area contributed by atoms with E-state index in [-0.39, 0.29) is 10.7 Å². The third-order valence-corrected chi connectivity index (χ3v) is 3.94. The summed E-state index contributed by atoms with van der Waals surface area (Å²) in [6, 6.07) is 3.47. The maximum Gasteiger partial charge on any atom is 0.275 e. The summed E-state index contributed by atoms with van der Waals surface area (Å²) >= 11 is 7.35. The Balaban J connectivity index is 2.33. The first kappa shape index (κ1) is 17.4. The van der Waals surface area contributed by atoms with Gasteiger partial charge in [0, 0.05) is 11.8 Å². The van der Waals surface area contributed by atoms with Gasteiger partial charge in [-0.3, -0.25) is 4.79 Å². The highest BCUT2D eigenvalue weighted by Gasteiger charge is 2.17. The Bertz CT molecular complexity index is 740. The lowest BCUT2D eigenvalue weighted by Crippen LogP contribution is -2.16. The van der Waals surface area contributed by atoms with Crippen LogP contribution in [0.2, 0.25) is 5.02 Å². The number of thioether (sulfide) groups is 1. The zero-order valence-corrected chi connectivity index (χ0v) is 14.7. The lowest BCUT2D eigenvalue weighted by molar-refractivity contribution is 0.102. The van der Waals surface area contributed by atoms with Crippen molar-refractivity contribution in [2.24, 2.45) is 0 Å². The zero-order chi connectivity index (χ0) is 17.0. The summed E-state index contributed by atoms with van der Waals surface area (Å²) in [7, 11) is 3.09. The normalized spacial score (nSPS) is 10.3. The smallest absolute Gasteiger partial charge is 0.275 e. The molecule has 0 radical (unpaired) electrons. The van der Waals surface area contributed by atoms with Crippen LogP contribution < -0.4 is 14.8 Å². The predicted octanol–water partition coefficient (Wildman–Crippen LogP) is 3.43. The largest absolute Gasteiger partial charge is 0.493 e. The van der Waals surface area contributed by atoms with Gasteiger partial charge in [-0.2, -0.15) is 0 Å². The van der Waals surface area contributed by atoms with Gasteiger partial charge in [-0.1, -0.05) is 23.4 Å². The summed E-state index contributed by atoms with van der Waals surface area (Å²) < 4.78 is 10.5. The van der Waals surface area contributed by atoms with E-state index in [1.54, 1.807) is 19.2 Å². The van der Waals surface area contributed by atoms with Crippen LogP contribution in [-0.4, -0.2) is 36.4 Å². The Morgan fingerprint density at radius 2 is 1.91 bits per heavy atom. The number of aromatic nitrogens is 2. The van der Waals surface area contributed by atoms with Gasteiger partial charge in [0.25, 0.3) is 5.91 Å². The SMILES string of the molecule is COc1cc(C)c(NC(=O)c2nc(SC)ncc2Cl)cc1OC. The number of nitrogens with zero attached hydrogens (tertiary/aromatic N) is 2. The van der Waals surface area contributed by atoms with Crippen LogP contribution in [0, 0.1) is 6.92 Å². The first-order chi connectivity index (χ1) is 11.0. The average molecular weight is 354 g/mol. The predicted molar refractivity (Wildman–Crippen MR) is 91.1 cm³/mol. The van der Waals surface area contributed by atoms with Crippen molar-refractivity contribution in [1.82, 2.24) is 9.97 Å². The molecule has 0 unspecified atom stereocenters. The second-order valence-corrected chi connectivity index (χ2v) is 5.71. The second kappa shape index (κ2) is 7.52. The Kier molecular flexibility index (Phi) is 5.68. The van der Waals surface area contributed by atoms with E-state index in [0.717, 1.165) is 5.56 Å². The van der Waals surface area contributed by atoms with Crippen molar-refractivity contribution in [3.05, 3.63) is 34.6 Å². The third kappa shape index (κ3) is 3.86. The van der Waals surface area contributed by atoms with Crippen LogP contribution in [-0.2, 0) is 0 Å². The maximum absolute atomic E-state index is 12.4. The van der Waals surface area contributed by atoms with Crippen LogP contribution in [0.3, 0.4) is 0 Å². The highest BCUT2D eigenvalue weighted by Crippen LogP contribution is 2.33. The van der Waals surface area contributed by atoms with E-state index in [0.29, 0.717) is 22.3 Å². The fourth-order valence-electron chi connectivity index (χ4n) is 1.91. The van der Waals surface area contributed by atoms with Gasteiger partial charge in [0.05, 0.1) is 25.4 Å². The molecule has 0 spiro atoms. The molecule has 0 fully saturated rings. The lowest BCUT2D eigenvalue weighted by atomic mass is 10.1. The van der Waals surface area contributed by atoms with Crippen LogP contribution in [0.4, 0.5) is 5.69 Å². The molecule has 0 aliphatic carbocycles. The Morgan fingerprint density at radius 3 is 2.52 bits per heavy atom. The fraction of sp³-hybridized carbons (Fsp3) is 0.267. The molecule has 1 aromatic carbocycles. The van der Waals surface area contributed by atoms with Crippen molar-refractivity contribution in [3.63, 3.8) is 0 Å². The Hall–Kier alpha value is -1.99. The minimum atomic E-state index is -0.414. The average Bonchev–Trinajstić information content (AvgIpc) is 2.56. The first-order valence-corrected chi connectivity index (χ1v) is 8.21. The number of amides is 1. The van der Waals surface area contributed by atoms with Crippen molar-refractivity contribution in [2.45, 2.75) is 12.1 Å². The van der Waals surface area contributed by atoms with E-state index in [1.807, 2.05) is 13.2 Å². The number of anilines is 1. The van der Waals surface area contributed by atoms with Gasteiger partial charge >= 0.3 is 0 Å². The molecule has 2 rings (SSSR count). The molecule has 2 aromatic rings. The molecule has 1 aromatic heterocycles. The number of aryl methyl sites for hydroxylation is 1. The fourth-order valence-corrected chi connectivity index (χ4v) is 2.42. The number of halogens is 1. The van der Waals surface area contributed by atoms with E-state index in [1.165, 1.54) is 25.1 Å². The minimum absolute atomic E-state index is 0.125. The molecular formula is C15H16ClN3O3S. The number of methoxy groups -OCH3 is 2. The summed E-state index contributed by atoms with van der Waals surface area (Å²) in [4.78, 5) is 20.6. The van der Waals surface area contributed by atoms with E-state index in [4.69, 9.17) is 21.1 Å². The summed E-state index contributed by atoms with van der Waals surface area (Å²) in [6.45, 7) is 1.85. The highest BCUT2D eigenvalue weighted by atomic mass is 35.5. The molecule has 23 heavy (non-hydrogen) atoms. The number of nitrogens with one attached hydrogen (secondary N) is 1. The number of carbonyl (C=O) groups excluding carboxylic acids is 1. The van der Waals surface area contributed by atoms with Gasteiger partial charge in [-0.05, 0) is 24.8 Å². The number of hydrogen-bond acceptors (Lipinski definition) is 6. The van der Waals surface area contributed by atoms with E-state index in [9.17, 15) is 4.79 Å². The van der Waals surface area contributed by atoms with Crippen LogP contribution >= 0.6 is 23.4 Å². The second-order valence-electron chi connectivity index (χ2n) is 4.53. The number of hydrogen-bond donors (Lipinski definition) is 1. The zero-order valence-electron chi connectivity index (χ0n) is 13.1. The topological polar surface area (TPSA) is 73.3 Å². The number of ether oxygens (including phenoxy) is 2. The molecule has 0 atom stereocenters. The molecule has 8 heteroatoms. The van der Waals surface area contributed by atoms with Gasteiger partial charge < -0.3 is 14.8 Å². The van der Waals surface area contributed by atoms with Crippen LogP contribution in [0.25, 0.3) is 0 Å². The third-order valence-electron chi connectivity index (χ3n) is 3.10. The number of rotatable bonds is 5. The number of benzene rings is 1. The van der Waals surface area contributed by atoms with Crippen molar-refractivity contribution in [2.75, 3.05) is 25.8 Å². The van der Waals surface area contributed by atoms with Crippen LogP contribution in [0.15, 0.2) is 23.5 Å². The molecule has 0 bridgehead atoms. The van der Waals surface area contributed by atoms with Crippen molar-refractivity contribution < 1.29 is 14.3 Å². The van der Waals surface area contributed by atoms with Crippen molar-refractivity contribution >= 4 is 35.0 Å². The molecule has 0 saturated heterocycles. The Labute approximate surface area is 143 Å². The molecule has 122 valence electrons. The standard InChI is InChI=1S/C15H16ClN3O3S/c1-8-5-11(21-2)12(22-3)6-10(8)18-14(20)13-9(16)7-17-15(19-13)23-4/h5-7H,1-4H3,(H,18,20). The summed E-state index contributed by atoms with van der Waals surface area (Å²) in [6.07, 6.45) is 3.24. The lowest BCUT2D eigenvalue weighted by Gasteiger charge is -2.14. The van der Waals surface area contributed by atoms with Gasteiger partial charge in [0.1, 0.15) is 0 Å². The molecule has 0 aliphatic rings. The van der Waals surface area contributed by atoms with Gasteiger partial charge in [0.15, 0.2) is 22.3 Å². The van der Waals surface area contributed by atoms with E-state index >= 15 is 0 Å². The summed E-state index contributed by atoms with van der Waals surface area (Å²) in [5, 5.41) is 3.45. The first-order valence-electron chi connectivity index (χ1n) is 6.60. The monoisotopic (exact) mass is 353 g/mol. The van der Waals surface area contributed by atoms with Crippen molar-refractivity contribution in [3.8, 4) is 11.5 Å². The van der Waals surface area contributed by atoms with E-state index in [2.05, 4.69) is 15.3 Å². The molecule has 1 heterocycles. The molecule has 0 aliphatic heterocycles. The highest BCUT2D eigenvalue weighted by molar-refractivity contribution is 7.98. The van der Waals surface area contributed by atoms with Crippen LogP contribution in [0.1, 0.15) is 16.1 Å². The maximum atomic E-state index is 12.4. The Morgan fingerprint density at radius 1 is 1.26 bits per heavy atom. The van der Waals surface area contributed by atoms with Crippen LogP contribution in [0.5, 0.6) is 11.5 Å². The quantitative estimate of drug-likeness (QED) is 0.655. The van der Waals surface area contributed by atoms with Gasteiger partial charge in [-0.15, -0.1) is 0 Å². The summed E-state index contributed by atoms with van der Waals surface area (Å²) in [5.41, 5.74) is 1.54. The van der Waals surface area contributed by atoms with E-state index < -0.39 is 5.91 Å². The number of carbonyl (C=O) groups is 1. The molecule has 0 saturated carbocycles. The molecule has 1 amide bonds. The van der Waals surface area contributed by atoms with Gasteiger partial charge in [0.2, 0.25) is 0 Å². The molecular weight excluding hydrogens is 338 g/mol. The van der Waals surface area contributed by atoms with Gasteiger partial charge in [-0.25, -0.2) is 9.97 Å².